The molecule has 1 aromatic carbocycles. The first-order valence-electron chi connectivity index (χ1n) is 5.81. The van der Waals surface area contributed by atoms with Crippen LogP contribution in [0.3, 0.4) is 0 Å². The maximum Gasteiger partial charge on any atom is 0.231 e. The summed E-state index contributed by atoms with van der Waals surface area (Å²) in [5, 5.41) is 0. The molecule has 86 valence electrons. The van der Waals surface area contributed by atoms with Gasteiger partial charge in [-0.05, 0) is 50.3 Å². The van der Waals surface area contributed by atoms with Crippen molar-refractivity contribution < 1.29 is 9.47 Å². The molecule has 0 amide bonds. The van der Waals surface area contributed by atoms with Gasteiger partial charge < -0.3 is 15.2 Å². The van der Waals surface area contributed by atoms with Crippen LogP contribution in [0, 0.1) is 13.8 Å². The quantitative estimate of drug-likeness (QED) is 0.788. The highest BCUT2D eigenvalue weighted by Gasteiger charge is 2.40. The minimum absolute atomic E-state index is 0.187. The minimum Gasteiger partial charge on any atom is -0.454 e. The molecule has 0 radical (unpaired) electrons. The number of ether oxygens (including phenoxy) is 2. The Morgan fingerprint density at radius 1 is 1.25 bits per heavy atom. The second-order valence-electron chi connectivity index (χ2n) is 4.94. The molecule has 1 fully saturated rings. The zero-order valence-corrected chi connectivity index (χ0v) is 9.80. The molecule has 3 nitrogen and oxygen atoms in total. The molecule has 0 spiro atoms. The van der Waals surface area contributed by atoms with E-state index < -0.39 is 0 Å². The third-order valence-corrected chi connectivity index (χ3v) is 3.93. The van der Waals surface area contributed by atoms with Gasteiger partial charge in [-0.15, -0.1) is 0 Å². The van der Waals surface area contributed by atoms with Crippen molar-refractivity contribution in [2.24, 2.45) is 5.73 Å². The second kappa shape index (κ2) is 3.14. The van der Waals surface area contributed by atoms with Crippen LogP contribution in [0.15, 0.2) is 6.07 Å². The van der Waals surface area contributed by atoms with E-state index in [0.29, 0.717) is 6.79 Å². The first kappa shape index (κ1) is 9.97. The highest BCUT2D eigenvalue weighted by Crippen LogP contribution is 2.49. The molecule has 2 N–H and O–H groups in total. The highest BCUT2D eigenvalue weighted by atomic mass is 16.7. The van der Waals surface area contributed by atoms with Gasteiger partial charge in [-0.1, -0.05) is 0 Å². The molecular formula is C13H17NO2. The Balaban J connectivity index is 2.22. The molecule has 0 atom stereocenters. The number of nitrogens with two attached hydrogens (primary N) is 1. The number of fused-ring (bicyclic) bond motifs is 1. The van der Waals surface area contributed by atoms with Crippen molar-refractivity contribution in [1.29, 1.82) is 0 Å². The fourth-order valence-corrected chi connectivity index (χ4v) is 2.67. The molecule has 1 heterocycles. The number of hydrogen-bond donors (Lipinski definition) is 1. The van der Waals surface area contributed by atoms with Crippen molar-refractivity contribution in [3.8, 4) is 11.5 Å². The lowest BCUT2D eigenvalue weighted by molar-refractivity contribution is 0.168. The Morgan fingerprint density at radius 3 is 2.62 bits per heavy atom. The van der Waals surface area contributed by atoms with E-state index in [0.717, 1.165) is 24.3 Å². The maximum absolute atomic E-state index is 6.43. The Kier molecular flexibility index (Phi) is 1.96. The molecule has 0 saturated heterocycles. The number of hydrogen-bond acceptors (Lipinski definition) is 3. The Morgan fingerprint density at radius 2 is 2.00 bits per heavy atom. The molecule has 0 unspecified atom stereocenters. The molecule has 3 heteroatoms. The lowest BCUT2D eigenvalue weighted by Gasteiger charge is -2.40. The summed E-state index contributed by atoms with van der Waals surface area (Å²) in [5.74, 6) is 1.74. The predicted molar refractivity (Wildman–Crippen MR) is 61.8 cm³/mol. The number of rotatable bonds is 1. The average Bonchev–Trinajstić information content (AvgIpc) is 2.63. The van der Waals surface area contributed by atoms with Crippen molar-refractivity contribution >= 4 is 0 Å². The summed E-state index contributed by atoms with van der Waals surface area (Å²) in [5.41, 5.74) is 9.91. The average molecular weight is 219 g/mol. The molecule has 0 bridgehead atoms. The van der Waals surface area contributed by atoms with Crippen LogP contribution in [0.4, 0.5) is 0 Å². The van der Waals surface area contributed by atoms with Crippen molar-refractivity contribution in [3.05, 3.63) is 22.8 Å². The van der Waals surface area contributed by atoms with Crippen LogP contribution in [0.25, 0.3) is 0 Å². The van der Waals surface area contributed by atoms with Gasteiger partial charge in [0.15, 0.2) is 11.5 Å². The smallest absolute Gasteiger partial charge is 0.231 e. The molecule has 1 aliphatic carbocycles. The zero-order valence-electron chi connectivity index (χ0n) is 9.80. The Bertz CT molecular complexity index is 450. The van der Waals surface area contributed by atoms with Crippen LogP contribution in [-0.2, 0) is 5.54 Å². The molecule has 0 aromatic heterocycles. The summed E-state index contributed by atoms with van der Waals surface area (Å²) in [6, 6.07) is 2.04. The van der Waals surface area contributed by atoms with Gasteiger partial charge in [0.1, 0.15) is 0 Å². The summed E-state index contributed by atoms with van der Waals surface area (Å²) in [4.78, 5) is 0. The van der Waals surface area contributed by atoms with Gasteiger partial charge in [0.2, 0.25) is 6.79 Å². The number of benzene rings is 1. The van der Waals surface area contributed by atoms with E-state index in [1.54, 1.807) is 0 Å². The Hall–Kier alpha value is -1.22. The van der Waals surface area contributed by atoms with Crippen molar-refractivity contribution in [2.75, 3.05) is 6.79 Å². The van der Waals surface area contributed by atoms with Gasteiger partial charge >= 0.3 is 0 Å². The topological polar surface area (TPSA) is 44.5 Å². The SMILES string of the molecule is Cc1cc2c(c(C3(N)CCC3)c1C)OCO2. The molecule has 1 aliphatic heterocycles. The van der Waals surface area contributed by atoms with Crippen molar-refractivity contribution in [1.82, 2.24) is 0 Å². The molecule has 16 heavy (non-hydrogen) atoms. The van der Waals surface area contributed by atoms with E-state index in [4.69, 9.17) is 15.2 Å². The van der Waals surface area contributed by atoms with E-state index in [2.05, 4.69) is 13.8 Å². The first-order valence-corrected chi connectivity index (χ1v) is 5.81. The van der Waals surface area contributed by atoms with Crippen LogP contribution in [0.2, 0.25) is 0 Å². The van der Waals surface area contributed by atoms with Gasteiger partial charge in [-0.25, -0.2) is 0 Å². The molecule has 1 saturated carbocycles. The van der Waals surface area contributed by atoms with Gasteiger partial charge in [-0.2, -0.15) is 0 Å². The van der Waals surface area contributed by atoms with E-state index in [1.807, 2.05) is 6.07 Å². The third-order valence-electron chi connectivity index (χ3n) is 3.93. The fraction of sp³-hybridized carbons (Fsp3) is 0.538. The predicted octanol–water partition coefficient (Wildman–Crippen LogP) is 2.37. The molecule has 1 aromatic rings. The third kappa shape index (κ3) is 1.18. The minimum atomic E-state index is -0.187. The van der Waals surface area contributed by atoms with Gasteiger partial charge in [0, 0.05) is 11.1 Å². The zero-order chi connectivity index (χ0) is 11.3. The largest absolute Gasteiger partial charge is 0.454 e. The van der Waals surface area contributed by atoms with E-state index in [9.17, 15) is 0 Å². The van der Waals surface area contributed by atoms with E-state index >= 15 is 0 Å². The van der Waals surface area contributed by atoms with Gasteiger partial charge in [-0.3, -0.25) is 0 Å². The van der Waals surface area contributed by atoms with Gasteiger partial charge in [0.25, 0.3) is 0 Å². The summed E-state index contributed by atoms with van der Waals surface area (Å²) in [6.45, 7) is 4.55. The van der Waals surface area contributed by atoms with E-state index in [1.165, 1.54) is 23.1 Å². The van der Waals surface area contributed by atoms with Crippen LogP contribution >= 0.6 is 0 Å². The summed E-state index contributed by atoms with van der Waals surface area (Å²) >= 11 is 0. The standard InChI is InChI=1S/C13H17NO2/c1-8-6-10-12(16-7-15-10)11(9(8)2)13(14)4-3-5-13/h6H,3-5,7,14H2,1-2H3. The van der Waals surface area contributed by atoms with Crippen molar-refractivity contribution in [2.45, 2.75) is 38.6 Å². The van der Waals surface area contributed by atoms with Crippen molar-refractivity contribution in [3.63, 3.8) is 0 Å². The highest BCUT2D eigenvalue weighted by molar-refractivity contribution is 5.58. The summed E-state index contributed by atoms with van der Waals surface area (Å²) < 4.78 is 11.0. The molecule has 3 rings (SSSR count). The molecule has 2 aliphatic rings. The molecular weight excluding hydrogens is 202 g/mol. The first-order chi connectivity index (χ1) is 7.62. The number of aryl methyl sites for hydroxylation is 1. The lowest BCUT2D eigenvalue weighted by Crippen LogP contribution is -2.44. The van der Waals surface area contributed by atoms with Crippen LogP contribution in [0.5, 0.6) is 11.5 Å². The van der Waals surface area contributed by atoms with E-state index in [-0.39, 0.29) is 5.54 Å². The monoisotopic (exact) mass is 219 g/mol. The Labute approximate surface area is 95.5 Å². The van der Waals surface area contributed by atoms with Crippen LogP contribution in [0.1, 0.15) is 36.0 Å². The fourth-order valence-electron chi connectivity index (χ4n) is 2.67. The summed E-state index contributed by atoms with van der Waals surface area (Å²) in [6.07, 6.45) is 3.31. The van der Waals surface area contributed by atoms with Crippen LogP contribution in [-0.4, -0.2) is 6.79 Å². The lowest BCUT2D eigenvalue weighted by atomic mass is 9.70. The summed E-state index contributed by atoms with van der Waals surface area (Å²) in [7, 11) is 0. The normalized spacial score (nSPS) is 20.7. The maximum atomic E-state index is 6.43. The second-order valence-corrected chi connectivity index (χ2v) is 4.94. The van der Waals surface area contributed by atoms with Gasteiger partial charge in [0.05, 0.1) is 0 Å². The van der Waals surface area contributed by atoms with Crippen LogP contribution < -0.4 is 15.2 Å².